The van der Waals surface area contributed by atoms with Gasteiger partial charge in [-0.15, -0.1) is 0 Å². The van der Waals surface area contributed by atoms with Crippen LogP contribution in [-0.2, 0) is 20.1 Å². The number of aromatic carboxylic acids is 1. The van der Waals surface area contributed by atoms with Gasteiger partial charge >= 0.3 is 5.97 Å². The van der Waals surface area contributed by atoms with Crippen LogP contribution in [0.15, 0.2) is 59.6 Å². The third kappa shape index (κ3) is 4.78. The van der Waals surface area contributed by atoms with E-state index < -0.39 is 11.8 Å². The molecule has 1 N–H and O–H groups in total. The minimum absolute atomic E-state index is 0.0310. The molecule has 0 aliphatic carbocycles. The van der Waals surface area contributed by atoms with Gasteiger partial charge in [0.25, 0.3) is 0 Å². The monoisotopic (exact) mass is 506 g/mol. The minimum Gasteiger partial charge on any atom is -0.476 e. The molecule has 0 bridgehead atoms. The SMILES string of the molecule is CN(Cc1nc(C(=O)O)cn1C)c1nc(-c2cc(-c3ccon3)n(Cc3ccccc3F)n2)ncc1F. The first kappa shape index (κ1) is 23.8. The van der Waals surface area contributed by atoms with Crippen molar-refractivity contribution in [1.29, 1.82) is 0 Å². The number of carbonyl (C=O) groups is 1. The van der Waals surface area contributed by atoms with Gasteiger partial charge in [-0.05, 0) is 12.1 Å². The fourth-order valence-corrected chi connectivity index (χ4v) is 3.78. The zero-order valence-electron chi connectivity index (χ0n) is 19.7. The maximum atomic E-state index is 14.7. The highest BCUT2D eigenvalue weighted by atomic mass is 19.1. The van der Waals surface area contributed by atoms with E-state index >= 15 is 0 Å². The van der Waals surface area contributed by atoms with Crippen molar-refractivity contribution in [2.45, 2.75) is 13.1 Å². The molecule has 1 aromatic carbocycles. The predicted octanol–water partition coefficient (Wildman–Crippen LogP) is 3.39. The lowest BCUT2D eigenvalue weighted by Crippen LogP contribution is -2.22. The standard InChI is InChI=1S/C24H20F2N8O3/c1-32-12-19(24(35)36)28-21(32)13-33(2)23-16(26)10-27-22(29-23)18-9-20(17-7-8-37-31-17)34(30-18)11-14-5-3-4-6-15(14)25/h3-10,12H,11,13H2,1-2H3,(H,35,36). The van der Waals surface area contributed by atoms with Crippen LogP contribution in [0.2, 0.25) is 0 Å². The first-order valence-corrected chi connectivity index (χ1v) is 11.0. The Bertz CT molecular complexity index is 1580. The number of benzene rings is 1. The number of halogens is 2. The highest BCUT2D eigenvalue weighted by molar-refractivity contribution is 5.85. The Morgan fingerprint density at radius 3 is 2.65 bits per heavy atom. The van der Waals surface area contributed by atoms with Crippen LogP contribution < -0.4 is 4.90 Å². The van der Waals surface area contributed by atoms with Gasteiger partial charge in [-0.3, -0.25) is 4.68 Å². The van der Waals surface area contributed by atoms with Crippen molar-refractivity contribution in [3.05, 3.63) is 83.8 Å². The first-order chi connectivity index (χ1) is 17.8. The number of aromatic nitrogens is 7. The summed E-state index contributed by atoms with van der Waals surface area (Å²) in [5.74, 6) is -1.71. The summed E-state index contributed by atoms with van der Waals surface area (Å²) in [4.78, 5) is 25.2. The highest BCUT2D eigenvalue weighted by Gasteiger charge is 2.20. The minimum atomic E-state index is -1.16. The molecule has 0 saturated carbocycles. The number of carboxylic acids is 1. The van der Waals surface area contributed by atoms with Gasteiger partial charge in [0.2, 0.25) is 0 Å². The van der Waals surface area contributed by atoms with Gasteiger partial charge in [-0.25, -0.2) is 28.5 Å². The summed E-state index contributed by atoms with van der Waals surface area (Å²) in [6.07, 6.45) is 3.81. The number of anilines is 1. The summed E-state index contributed by atoms with van der Waals surface area (Å²) in [6, 6.07) is 9.64. The Hall–Kier alpha value is -4.94. The molecule has 4 aromatic heterocycles. The maximum Gasteiger partial charge on any atom is 0.356 e. The molecular formula is C24H20F2N8O3. The Morgan fingerprint density at radius 2 is 1.95 bits per heavy atom. The summed E-state index contributed by atoms with van der Waals surface area (Å²) in [5.41, 5.74) is 1.62. The zero-order valence-corrected chi connectivity index (χ0v) is 19.7. The number of imidazole rings is 1. The van der Waals surface area contributed by atoms with E-state index in [1.807, 2.05) is 0 Å². The number of hydrogen-bond acceptors (Lipinski definition) is 8. The van der Waals surface area contributed by atoms with Crippen LogP contribution in [0, 0.1) is 11.6 Å². The molecule has 5 rings (SSSR count). The van der Waals surface area contributed by atoms with E-state index in [1.54, 1.807) is 53.7 Å². The van der Waals surface area contributed by atoms with Crippen LogP contribution >= 0.6 is 0 Å². The smallest absolute Gasteiger partial charge is 0.356 e. The van der Waals surface area contributed by atoms with Gasteiger partial charge in [-0.1, -0.05) is 23.4 Å². The molecule has 0 unspecified atom stereocenters. The van der Waals surface area contributed by atoms with Crippen molar-refractivity contribution in [3.63, 3.8) is 0 Å². The third-order valence-corrected chi connectivity index (χ3v) is 5.64. The number of nitrogens with zero attached hydrogens (tertiary/aromatic N) is 8. The first-order valence-electron chi connectivity index (χ1n) is 11.0. The number of hydrogen-bond donors (Lipinski definition) is 1. The van der Waals surface area contributed by atoms with E-state index in [9.17, 15) is 18.7 Å². The van der Waals surface area contributed by atoms with E-state index in [4.69, 9.17) is 4.52 Å². The Labute approximate surface area is 208 Å². The average Bonchev–Trinajstić information content (AvgIpc) is 3.62. The average molecular weight is 506 g/mol. The van der Waals surface area contributed by atoms with Crippen LogP contribution in [0.3, 0.4) is 0 Å². The van der Waals surface area contributed by atoms with Gasteiger partial charge < -0.3 is 19.1 Å². The normalized spacial score (nSPS) is 11.1. The molecule has 13 heteroatoms. The van der Waals surface area contributed by atoms with Crippen molar-refractivity contribution < 1.29 is 23.2 Å². The summed E-state index contributed by atoms with van der Waals surface area (Å²) >= 11 is 0. The largest absolute Gasteiger partial charge is 0.476 e. The van der Waals surface area contributed by atoms with E-state index in [0.29, 0.717) is 28.5 Å². The van der Waals surface area contributed by atoms with Crippen LogP contribution in [-0.4, -0.2) is 52.6 Å². The molecule has 0 radical (unpaired) electrons. The van der Waals surface area contributed by atoms with Gasteiger partial charge in [0, 0.05) is 31.9 Å². The molecule has 0 aliphatic heterocycles. The number of rotatable bonds is 8. The molecular weight excluding hydrogens is 486 g/mol. The lowest BCUT2D eigenvalue weighted by Gasteiger charge is -2.18. The molecule has 0 spiro atoms. The van der Waals surface area contributed by atoms with Crippen molar-refractivity contribution in [2.24, 2.45) is 7.05 Å². The van der Waals surface area contributed by atoms with Crippen LogP contribution in [0.25, 0.3) is 22.9 Å². The summed E-state index contributed by atoms with van der Waals surface area (Å²) in [6.45, 7) is 0.191. The van der Waals surface area contributed by atoms with Gasteiger partial charge in [0.05, 0.1) is 25.0 Å². The molecule has 0 aliphatic rings. The van der Waals surface area contributed by atoms with Crippen LogP contribution in [0.5, 0.6) is 0 Å². The lowest BCUT2D eigenvalue weighted by molar-refractivity contribution is 0.0690. The number of carboxylic acid groups (broad SMARTS) is 1. The van der Waals surface area contributed by atoms with Crippen molar-refractivity contribution in [2.75, 3.05) is 11.9 Å². The van der Waals surface area contributed by atoms with E-state index in [-0.39, 0.29) is 36.2 Å². The van der Waals surface area contributed by atoms with Crippen LogP contribution in [0.4, 0.5) is 14.6 Å². The molecule has 0 saturated heterocycles. The van der Waals surface area contributed by atoms with E-state index in [2.05, 4.69) is 25.2 Å². The van der Waals surface area contributed by atoms with Gasteiger partial charge in [-0.2, -0.15) is 5.10 Å². The van der Waals surface area contributed by atoms with E-state index in [1.165, 1.54) is 23.4 Å². The summed E-state index contributed by atoms with van der Waals surface area (Å²) < 4.78 is 37.1. The van der Waals surface area contributed by atoms with Crippen molar-refractivity contribution in [1.82, 2.24) is 34.5 Å². The Balaban J connectivity index is 1.49. The fraction of sp³-hybridized carbons (Fsp3) is 0.167. The Kier molecular flexibility index (Phi) is 6.17. The van der Waals surface area contributed by atoms with E-state index in [0.717, 1.165) is 6.20 Å². The molecule has 11 nitrogen and oxygen atoms in total. The molecule has 188 valence electrons. The molecule has 5 aromatic rings. The quantitative estimate of drug-likeness (QED) is 0.337. The molecule has 0 amide bonds. The zero-order chi connectivity index (χ0) is 26.1. The van der Waals surface area contributed by atoms with Crippen LogP contribution in [0.1, 0.15) is 21.9 Å². The number of aryl methyl sites for hydroxylation is 1. The predicted molar refractivity (Wildman–Crippen MR) is 126 cm³/mol. The van der Waals surface area contributed by atoms with Gasteiger partial charge in [0.15, 0.2) is 23.2 Å². The van der Waals surface area contributed by atoms with Crippen molar-refractivity contribution >= 4 is 11.8 Å². The molecule has 0 fully saturated rings. The third-order valence-electron chi connectivity index (χ3n) is 5.64. The van der Waals surface area contributed by atoms with Gasteiger partial charge in [0.1, 0.15) is 29.3 Å². The van der Waals surface area contributed by atoms with Crippen molar-refractivity contribution in [3.8, 4) is 22.9 Å². The Morgan fingerprint density at radius 1 is 1.14 bits per heavy atom. The molecule has 0 atom stereocenters. The highest BCUT2D eigenvalue weighted by Crippen LogP contribution is 2.27. The second kappa shape index (κ2) is 9.60. The second-order valence-electron chi connectivity index (χ2n) is 8.23. The fourth-order valence-electron chi connectivity index (χ4n) is 3.78. The summed E-state index contributed by atoms with van der Waals surface area (Å²) in [7, 11) is 3.25. The molecule has 37 heavy (non-hydrogen) atoms. The topological polar surface area (TPSA) is 128 Å². The second-order valence-corrected chi connectivity index (χ2v) is 8.23. The summed E-state index contributed by atoms with van der Waals surface area (Å²) in [5, 5.41) is 17.7. The lowest BCUT2D eigenvalue weighted by atomic mass is 10.2. The maximum absolute atomic E-state index is 14.7. The molecule has 4 heterocycles.